The first-order valence-corrected chi connectivity index (χ1v) is 11.0. The molecule has 7 heteroatoms. The number of rotatable bonds is 4. The van der Waals surface area contributed by atoms with Gasteiger partial charge in [-0.25, -0.2) is 9.97 Å². The van der Waals surface area contributed by atoms with E-state index in [0.29, 0.717) is 6.54 Å². The van der Waals surface area contributed by atoms with Gasteiger partial charge in [0.1, 0.15) is 0 Å². The molecule has 4 aromatic rings. The van der Waals surface area contributed by atoms with Crippen LogP contribution in [0, 0.1) is 5.92 Å². The molecule has 0 bridgehead atoms. The number of benzene rings is 1. The van der Waals surface area contributed by atoms with Crippen LogP contribution in [0.2, 0.25) is 0 Å². The Morgan fingerprint density at radius 3 is 2.77 bits per heavy atom. The van der Waals surface area contributed by atoms with Crippen LogP contribution in [0.5, 0.6) is 0 Å². The first-order chi connectivity index (χ1) is 14.7. The Balaban J connectivity index is 1.28. The first kappa shape index (κ1) is 19.1. The summed E-state index contributed by atoms with van der Waals surface area (Å²) in [6.45, 7) is 2.17. The molecule has 0 saturated carbocycles. The largest absolute Gasteiger partial charge is 0.355 e. The highest BCUT2D eigenvalue weighted by Gasteiger charge is 2.27. The third kappa shape index (κ3) is 3.65. The van der Waals surface area contributed by atoms with Crippen molar-refractivity contribution in [1.82, 2.24) is 19.7 Å². The number of pyridine rings is 1. The second-order valence-corrected chi connectivity index (χ2v) is 8.57. The number of nitrogens with one attached hydrogen (secondary N) is 1. The van der Waals surface area contributed by atoms with E-state index in [2.05, 4.69) is 41.6 Å². The van der Waals surface area contributed by atoms with E-state index in [1.165, 1.54) is 0 Å². The fourth-order valence-corrected chi connectivity index (χ4v) is 4.61. The summed E-state index contributed by atoms with van der Waals surface area (Å²) in [5, 5.41) is 3.09. The van der Waals surface area contributed by atoms with Crippen molar-refractivity contribution in [2.75, 3.05) is 18.0 Å². The van der Waals surface area contributed by atoms with Crippen molar-refractivity contribution in [2.24, 2.45) is 5.92 Å². The van der Waals surface area contributed by atoms with Gasteiger partial charge in [-0.05, 0) is 54.8 Å². The predicted molar refractivity (Wildman–Crippen MR) is 121 cm³/mol. The molecule has 1 aliphatic rings. The van der Waals surface area contributed by atoms with Crippen LogP contribution in [0.3, 0.4) is 0 Å². The lowest BCUT2D eigenvalue weighted by Crippen LogP contribution is -2.40. The van der Waals surface area contributed by atoms with E-state index in [1.54, 1.807) is 6.20 Å². The van der Waals surface area contributed by atoms with Crippen LogP contribution in [-0.2, 0) is 11.3 Å². The third-order valence-corrected chi connectivity index (χ3v) is 6.23. The quantitative estimate of drug-likeness (QED) is 0.493. The van der Waals surface area contributed by atoms with Gasteiger partial charge >= 0.3 is 0 Å². The van der Waals surface area contributed by atoms with Gasteiger partial charge in [-0.1, -0.05) is 28.1 Å². The number of hydrogen-bond donors (Lipinski definition) is 1. The second-order valence-electron chi connectivity index (χ2n) is 7.65. The molecule has 1 fully saturated rings. The second kappa shape index (κ2) is 8.07. The molecule has 5 rings (SSSR count). The highest BCUT2D eigenvalue weighted by Crippen LogP contribution is 2.28. The number of piperidine rings is 1. The van der Waals surface area contributed by atoms with Crippen molar-refractivity contribution in [3.8, 4) is 0 Å². The number of amides is 1. The maximum Gasteiger partial charge on any atom is 0.223 e. The average Bonchev–Trinajstić information content (AvgIpc) is 3.27. The number of fused-ring (bicyclic) bond motifs is 3. The summed E-state index contributed by atoms with van der Waals surface area (Å²) in [5.41, 5.74) is 3.92. The van der Waals surface area contributed by atoms with Crippen molar-refractivity contribution < 1.29 is 4.79 Å². The smallest absolute Gasteiger partial charge is 0.223 e. The maximum atomic E-state index is 12.7. The number of carbonyl (C=O) groups is 1. The number of nitrogens with zero attached hydrogens (tertiary/aromatic N) is 4. The lowest BCUT2D eigenvalue weighted by molar-refractivity contribution is -0.125. The molecule has 0 spiro atoms. The maximum absolute atomic E-state index is 12.7. The topological polar surface area (TPSA) is 62.5 Å². The van der Waals surface area contributed by atoms with Crippen LogP contribution >= 0.6 is 15.9 Å². The SMILES string of the molecule is O=C(NCc1cccc(Br)c1)C1CCN(c2nc3ncccc3n3cccc23)CC1. The summed E-state index contributed by atoms with van der Waals surface area (Å²) in [4.78, 5) is 24.2. The van der Waals surface area contributed by atoms with Crippen LogP contribution in [0.1, 0.15) is 18.4 Å². The summed E-state index contributed by atoms with van der Waals surface area (Å²) >= 11 is 3.47. The van der Waals surface area contributed by atoms with Gasteiger partial charge in [-0.2, -0.15) is 0 Å². The Labute approximate surface area is 183 Å². The van der Waals surface area contributed by atoms with Gasteiger partial charge < -0.3 is 14.6 Å². The Morgan fingerprint density at radius 1 is 1.10 bits per heavy atom. The van der Waals surface area contributed by atoms with E-state index in [4.69, 9.17) is 4.98 Å². The number of halogens is 1. The van der Waals surface area contributed by atoms with Gasteiger partial charge in [0, 0.05) is 42.4 Å². The summed E-state index contributed by atoms with van der Waals surface area (Å²) in [6, 6.07) is 16.1. The van der Waals surface area contributed by atoms with Crippen LogP contribution < -0.4 is 10.2 Å². The van der Waals surface area contributed by atoms with Crippen LogP contribution in [0.4, 0.5) is 5.82 Å². The van der Waals surface area contributed by atoms with Gasteiger partial charge in [0.15, 0.2) is 11.5 Å². The minimum absolute atomic E-state index is 0.0368. The molecule has 0 atom stereocenters. The van der Waals surface area contributed by atoms with Crippen molar-refractivity contribution >= 4 is 44.3 Å². The number of carbonyl (C=O) groups excluding carboxylic acids is 1. The summed E-state index contributed by atoms with van der Waals surface area (Å²) in [5.74, 6) is 1.12. The van der Waals surface area contributed by atoms with E-state index >= 15 is 0 Å². The highest BCUT2D eigenvalue weighted by molar-refractivity contribution is 9.10. The zero-order valence-corrected chi connectivity index (χ0v) is 18.0. The molecule has 4 heterocycles. The zero-order valence-electron chi connectivity index (χ0n) is 16.5. The van der Waals surface area contributed by atoms with Gasteiger partial charge in [0.25, 0.3) is 0 Å². The molecule has 0 unspecified atom stereocenters. The van der Waals surface area contributed by atoms with E-state index in [1.807, 2.05) is 48.7 Å². The Hall–Kier alpha value is -2.93. The molecule has 1 aliphatic heterocycles. The van der Waals surface area contributed by atoms with Crippen LogP contribution in [0.15, 0.2) is 65.4 Å². The van der Waals surface area contributed by atoms with Crippen molar-refractivity contribution in [3.63, 3.8) is 0 Å². The van der Waals surface area contributed by atoms with E-state index in [-0.39, 0.29) is 11.8 Å². The number of anilines is 1. The molecular weight excluding hydrogens is 442 g/mol. The van der Waals surface area contributed by atoms with Gasteiger partial charge in [-0.15, -0.1) is 0 Å². The number of aromatic nitrogens is 3. The van der Waals surface area contributed by atoms with Crippen LogP contribution in [0.25, 0.3) is 16.7 Å². The molecule has 6 nitrogen and oxygen atoms in total. The monoisotopic (exact) mass is 463 g/mol. The summed E-state index contributed by atoms with van der Waals surface area (Å²) in [7, 11) is 0. The molecule has 1 saturated heterocycles. The Bertz CT molecular complexity index is 1210. The van der Waals surface area contributed by atoms with Crippen molar-refractivity contribution in [3.05, 3.63) is 71.0 Å². The molecule has 0 radical (unpaired) electrons. The Kier molecular flexibility index (Phi) is 5.12. The average molecular weight is 464 g/mol. The highest BCUT2D eigenvalue weighted by atomic mass is 79.9. The van der Waals surface area contributed by atoms with Gasteiger partial charge in [-0.3, -0.25) is 4.79 Å². The molecule has 0 aliphatic carbocycles. The fraction of sp³-hybridized carbons (Fsp3) is 0.261. The number of hydrogen-bond acceptors (Lipinski definition) is 4. The standard InChI is InChI=1S/C23H22BrN5O/c24-18-5-1-4-16(14-18)15-26-23(30)17-8-12-28(13-9-17)22-20-7-3-11-29(20)19-6-2-10-25-21(19)27-22/h1-7,10-11,14,17H,8-9,12-13,15H2,(H,26,30). The Morgan fingerprint density at radius 2 is 1.93 bits per heavy atom. The van der Waals surface area contributed by atoms with Gasteiger partial charge in [0.2, 0.25) is 5.91 Å². The molecule has 30 heavy (non-hydrogen) atoms. The van der Waals surface area contributed by atoms with E-state index in [0.717, 1.165) is 58.5 Å². The molecular formula is C23H22BrN5O. The molecule has 3 aromatic heterocycles. The third-order valence-electron chi connectivity index (χ3n) is 5.74. The molecule has 1 aromatic carbocycles. The molecule has 1 N–H and O–H groups in total. The minimum Gasteiger partial charge on any atom is -0.355 e. The lowest BCUT2D eigenvalue weighted by atomic mass is 9.95. The predicted octanol–water partition coefficient (Wildman–Crippen LogP) is 4.18. The molecule has 1 amide bonds. The fourth-order valence-electron chi connectivity index (χ4n) is 4.16. The summed E-state index contributed by atoms with van der Waals surface area (Å²) in [6.07, 6.45) is 5.46. The van der Waals surface area contributed by atoms with E-state index in [9.17, 15) is 4.79 Å². The minimum atomic E-state index is 0.0368. The van der Waals surface area contributed by atoms with Crippen molar-refractivity contribution in [2.45, 2.75) is 19.4 Å². The normalized spacial score (nSPS) is 15.0. The molecule has 152 valence electrons. The lowest BCUT2D eigenvalue weighted by Gasteiger charge is -2.32. The van der Waals surface area contributed by atoms with Gasteiger partial charge in [0.05, 0.1) is 11.0 Å². The van der Waals surface area contributed by atoms with Crippen molar-refractivity contribution in [1.29, 1.82) is 0 Å². The summed E-state index contributed by atoms with van der Waals surface area (Å²) < 4.78 is 3.16. The van der Waals surface area contributed by atoms with E-state index < -0.39 is 0 Å². The first-order valence-electron chi connectivity index (χ1n) is 10.2. The zero-order chi connectivity index (χ0) is 20.5. The van der Waals surface area contributed by atoms with Crippen LogP contribution in [-0.4, -0.2) is 33.4 Å².